The summed E-state index contributed by atoms with van der Waals surface area (Å²) >= 11 is 9.46. The number of benzene rings is 1. The third kappa shape index (κ3) is 3.14. The van der Waals surface area contributed by atoms with Gasteiger partial charge in [-0.25, -0.2) is 0 Å². The van der Waals surface area contributed by atoms with Crippen molar-refractivity contribution < 1.29 is 9.15 Å². The summed E-state index contributed by atoms with van der Waals surface area (Å²) in [4.78, 5) is 2.18. The van der Waals surface area contributed by atoms with Gasteiger partial charge < -0.3 is 9.15 Å². The molecule has 1 atom stereocenters. The quantitative estimate of drug-likeness (QED) is 0.758. The van der Waals surface area contributed by atoms with Crippen LogP contribution in [-0.2, 0) is 6.54 Å². The third-order valence-corrected chi connectivity index (χ3v) is 4.42. The Labute approximate surface area is 137 Å². The summed E-state index contributed by atoms with van der Waals surface area (Å²) in [6.45, 7) is 1.66. The van der Waals surface area contributed by atoms with Crippen LogP contribution in [0.3, 0.4) is 0 Å². The highest BCUT2D eigenvalue weighted by Crippen LogP contribution is 2.33. The van der Waals surface area contributed by atoms with Crippen LogP contribution in [0.15, 0.2) is 39.4 Å². The number of halogens is 3. The number of hydrogen-bond donors (Lipinski definition) is 0. The van der Waals surface area contributed by atoms with Crippen LogP contribution >= 0.6 is 39.9 Å². The van der Waals surface area contributed by atoms with E-state index >= 15 is 0 Å². The van der Waals surface area contributed by atoms with E-state index in [1.54, 1.807) is 6.26 Å². The third-order valence-electron chi connectivity index (χ3n) is 3.19. The van der Waals surface area contributed by atoms with Crippen molar-refractivity contribution in [3.05, 3.63) is 51.3 Å². The number of nitrogens with zero attached hydrogens (tertiary/aromatic N) is 1. The first kappa shape index (κ1) is 15.7. The van der Waals surface area contributed by atoms with Gasteiger partial charge in [-0.1, -0.05) is 11.6 Å². The predicted molar refractivity (Wildman–Crippen MR) is 84.8 cm³/mol. The van der Waals surface area contributed by atoms with Crippen LogP contribution in [0.2, 0.25) is 5.02 Å². The van der Waals surface area contributed by atoms with Crippen LogP contribution in [-0.4, -0.2) is 18.5 Å². The van der Waals surface area contributed by atoms with Gasteiger partial charge in [-0.2, -0.15) is 0 Å². The van der Waals surface area contributed by atoms with E-state index < -0.39 is 0 Å². The molecule has 20 heavy (non-hydrogen) atoms. The molecule has 3 nitrogen and oxygen atoms in total. The molecule has 0 aliphatic carbocycles. The highest BCUT2D eigenvalue weighted by atomic mass is 79.9. The van der Waals surface area contributed by atoms with Gasteiger partial charge in [-0.15, -0.1) is 12.4 Å². The SMILES string of the molecule is CN1Cc2occc2C(Oc2ccc(Br)c(Cl)c2)C1.Cl. The van der Waals surface area contributed by atoms with Crippen LogP contribution < -0.4 is 4.74 Å². The van der Waals surface area contributed by atoms with Crippen molar-refractivity contribution in [3.63, 3.8) is 0 Å². The molecular formula is C14H14BrCl2NO2. The normalized spacial score (nSPS) is 18.2. The van der Waals surface area contributed by atoms with E-state index in [-0.39, 0.29) is 18.5 Å². The maximum absolute atomic E-state index is 6.08. The highest BCUT2D eigenvalue weighted by molar-refractivity contribution is 9.10. The lowest BCUT2D eigenvalue weighted by Gasteiger charge is -2.29. The molecule has 1 aromatic carbocycles. The van der Waals surface area contributed by atoms with Gasteiger partial charge in [-0.05, 0) is 47.2 Å². The topological polar surface area (TPSA) is 25.6 Å². The molecule has 0 N–H and O–H groups in total. The van der Waals surface area contributed by atoms with Gasteiger partial charge in [0.2, 0.25) is 0 Å². The molecule has 1 aromatic heterocycles. The fraction of sp³-hybridized carbons (Fsp3) is 0.286. The smallest absolute Gasteiger partial charge is 0.140 e. The first-order valence-corrected chi connectivity index (χ1v) is 7.17. The van der Waals surface area contributed by atoms with Crippen LogP contribution in [0.1, 0.15) is 17.4 Å². The number of hydrogen-bond acceptors (Lipinski definition) is 3. The van der Waals surface area contributed by atoms with E-state index in [1.807, 2.05) is 24.3 Å². The summed E-state index contributed by atoms with van der Waals surface area (Å²) in [5.41, 5.74) is 1.12. The van der Waals surface area contributed by atoms with E-state index in [9.17, 15) is 0 Å². The van der Waals surface area contributed by atoms with E-state index in [0.29, 0.717) is 5.02 Å². The Bertz CT molecular complexity index is 603. The van der Waals surface area contributed by atoms with Crippen LogP contribution in [0.5, 0.6) is 5.75 Å². The van der Waals surface area contributed by atoms with Gasteiger partial charge >= 0.3 is 0 Å². The number of ether oxygens (including phenoxy) is 1. The van der Waals surface area contributed by atoms with Crippen LogP contribution in [0.25, 0.3) is 0 Å². The molecule has 0 saturated carbocycles. The first-order chi connectivity index (χ1) is 9.13. The lowest BCUT2D eigenvalue weighted by atomic mass is 10.1. The summed E-state index contributed by atoms with van der Waals surface area (Å²) in [5, 5.41) is 0.647. The molecule has 0 saturated heterocycles. The molecule has 108 valence electrons. The maximum atomic E-state index is 6.08. The molecule has 0 amide bonds. The molecule has 0 radical (unpaired) electrons. The van der Waals surface area contributed by atoms with Crippen LogP contribution in [0, 0.1) is 0 Å². The minimum Gasteiger partial charge on any atom is -0.484 e. The van der Waals surface area contributed by atoms with Gasteiger partial charge in [0.25, 0.3) is 0 Å². The maximum Gasteiger partial charge on any atom is 0.140 e. The first-order valence-electron chi connectivity index (χ1n) is 6.00. The van der Waals surface area contributed by atoms with Gasteiger partial charge in [0.1, 0.15) is 17.6 Å². The zero-order valence-electron chi connectivity index (χ0n) is 10.8. The number of fused-ring (bicyclic) bond motifs is 1. The molecule has 6 heteroatoms. The Morgan fingerprint density at radius 1 is 1.40 bits per heavy atom. The fourth-order valence-electron chi connectivity index (χ4n) is 2.27. The van der Waals surface area contributed by atoms with E-state index in [0.717, 1.165) is 34.6 Å². The molecule has 0 spiro atoms. The van der Waals surface area contributed by atoms with E-state index in [2.05, 4.69) is 27.9 Å². The summed E-state index contributed by atoms with van der Waals surface area (Å²) in [6, 6.07) is 7.60. The molecule has 1 unspecified atom stereocenters. The fourth-order valence-corrected chi connectivity index (χ4v) is 2.69. The van der Waals surface area contributed by atoms with Crippen molar-refractivity contribution in [2.45, 2.75) is 12.6 Å². The average Bonchev–Trinajstić information content (AvgIpc) is 2.82. The number of furan rings is 1. The lowest BCUT2D eigenvalue weighted by molar-refractivity contribution is 0.120. The summed E-state index contributed by atoms with van der Waals surface area (Å²) in [5.74, 6) is 1.74. The lowest BCUT2D eigenvalue weighted by Crippen LogP contribution is -2.32. The van der Waals surface area contributed by atoms with Crippen molar-refractivity contribution in [2.75, 3.05) is 13.6 Å². The van der Waals surface area contributed by atoms with Crippen molar-refractivity contribution >= 4 is 39.9 Å². The minimum absolute atomic E-state index is 0. The zero-order valence-corrected chi connectivity index (χ0v) is 14.0. The predicted octanol–water partition coefficient (Wildman–Crippen LogP) is 4.68. The summed E-state index contributed by atoms with van der Waals surface area (Å²) in [6.07, 6.45) is 1.69. The molecule has 1 aliphatic rings. The van der Waals surface area contributed by atoms with Crippen molar-refractivity contribution in [1.82, 2.24) is 4.90 Å². The van der Waals surface area contributed by atoms with E-state index in [4.69, 9.17) is 20.8 Å². The summed E-state index contributed by atoms with van der Waals surface area (Å²) in [7, 11) is 2.05. The standard InChI is InChI=1S/C14H13BrClNO2.ClH/c1-17-7-13-10(4-5-18-13)14(8-17)19-9-2-3-11(15)12(16)6-9;/h2-6,14H,7-8H2,1H3;1H. The van der Waals surface area contributed by atoms with E-state index in [1.165, 1.54) is 0 Å². The Balaban J connectivity index is 0.00000147. The molecule has 3 rings (SSSR count). The van der Waals surface area contributed by atoms with Gasteiger partial charge in [-0.3, -0.25) is 4.90 Å². The second-order valence-corrected chi connectivity index (χ2v) is 5.94. The Hall–Kier alpha value is -0.680. The molecule has 2 heterocycles. The van der Waals surface area contributed by atoms with Crippen molar-refractivity contribution in [2.24, 2.45) is 0 Å². The second-order valence-electron chi connectivity index (χ2n) is 4.68. The average molecular weight is 379 g/mol. The Kier molecular flexibility index (Phi) is 5.02. The summed E-state index contributed by atoms with van der Waals surface area (Å²) < 4.78 is 12.4. The molecule has 0 fully saturated rings. The number of likely N-dealkylation sites (N-methyl/N-ethyl adjacent to an activating group) is 1. The zero-order chi connectivity index (χ0) is 13.4. The monoisotopic (exact) mass is 377 g/mol. The van der Waals surface area contributed by atoms with Crippen molar-refractivity contribution in [3.8, 4) is 5.75 Å². The second kappa shape index (κ2) is 6.39. The highest BCUT2D eigenvalue weighted by Gasteiger charge is 2.27. The van der Waals surface area contributed by atoms with Gasteiger partial charge in [0, 0.05) is 16.6 Å². The van der Waals surface area contributed by atoms with Gasteiger partial charge in [0.15, 0.2) is 0 Å². The Morgan fingerprint density at radius 2 is 2.20 bits per heavy atom. The largest absolute Gasteiger partial charge is 0.484 e. The van der Waals surface area contributed by atoms with Crippen molar-refractivity contribution in [1.29, 1.82) is 0 Å². The Morgan fingerprint density at radius 3 is 2.95 bits per heavy atom. The van der Waals surface area contributed by atoms with Gasteiger partial charge in [0.05, 0.1) is 17.8 Å². The minimum atomic E-state index is -0.0234. The molecular weight excluding hydrogens is 365 g/mol. The molecule has 1 aliphatic heterocycles. The van der Waals surface area contributed by atoms with Crippen LogP contribution in [0.4, 0.5) is 0 Å². The molecule has 2 aromatic rings. The number of rotatable bonds is 2. The molecule has 0 bridgehead atoms.